The molecule has 0 radical (unpaired) electrons. The van der Waals surface area contributed by atoms with Gasteiger partial charge in [0.2, 0.25) is 0 Å². The smallest absolute Gasteiger partial charge is 0.0509 e. The van der Waals surface area contributed by atoms with Crippen molar-refractivity contribution in [2.45, 2.75) is 318 Å². The normalized spacial score (nSPS) is 13.5. The number of rotatable bonds is 32. The largest absolute Gasteiger partial charge is 0.384 e. The molecule has 1 aliphatic rings. The first-order valence-corrected chi connectivity index (χ1v) is 36.1. The van der Waals surface area contributed by atoms with E-state index in [-0.39, 0.29) is 0 Å². The highest BCUT2D eigenvalue weighted by molar-refractivity contribution is 4.69. The molecule has 6 nitrogen and oxygen atoms in total. The maximum Gasteiger partial charge on any atom is 0.0509 e. The van der Waals surface area contributed by atoms with Gasteiger partial charge in [-0.2, -0.15) is 0 Å². The molecule has 0 N–H and O–H groups in total. The maximum absolute atomic E-state index is 5.56. The lowest BCUT2D eigenvalue weighted by molar-refractivity contribution is 0.0784. The molecule has 1 aliphatic carbocycles. The SMILES string of the molecule is CC(C)C.CC(C)C.CC(C)CC(C)C.CC(C)CC(C)CC(C)C.CC(C)CC(C)CC(C)C.CC(C)CC(C)CC1CCCCC1.CC(C)COCC(C)CC(C)C.COCC(C)CC(C)C.COCC(C)COC.COCC(C)COC. The number of hydrogen-bond acceptors (Lipinski definition) is 6. The molecule has 0 saturated heterocycles. The average molecular weight is 1220 g/mol. The number of ether oxygens (including phenoxy) is 6. The van der Waals surface area contributed by atoms with Crippen molar-refractivity contribution >= 4 is 0 Å². The van der Waals surface area contributed by atoms with E-state index in [1.54, 1.807) is 35.5 Å². The lowest BCUT2D eigenvalue weighted by Crippen LogP contribution is -2.11. The quantitative estimate of drug-likeness (QED) is 0.0669. The van der Waals surface area contributed by atoms with Crippen LogP contribution in [0, 0.1) is 118 Å². The van der Waals surface area contributed by atoms with Crippen molar-refractivity contribution in [3.63, 3.8) is 0 Å². The predicted octanol–water partition coefficient (Wildman–Crippen LogP) is 25.6. The van der Waals surface area contributed by atoms with Crippen LogP contribution < -0.4 is 0 Å². The van der Waals surface area contributed by atoms with Crippen molar-refractivity contribution in [2.75, 3.05) is 81.8 Å². The molecule has 0 amide bonds. The second-order valence-corrected chi connectivity index (χ2v) is 32.6. The molecule has 0 spiro atoms. The van der Waals surface area contributed by atoms with E-state index in [4.69, 9.17) is 28.4 Å². The van der Waals surface area contributed by atoms with Gasteiger partial charge in [0.1, 0.15) is 0 Å². The van der Waals surface area contributed by atoms with E-state index in [0.29, 0.717) is 23.7 Å². The van der Waals surface area contributed by atoms with Crippen LogP contribution >= 0.6 is 0 Å². The molecule has 0 aliphatic heterocycles. The zero-order chi connectivity index (χ0) is 68.6. The van der Waals surface area contributed by atoms with Crippen molar-refractivity contribution in [1.82, 2.24) is 0 Å². The summed E-state index contributed by atoms with van der Waals surface area (Å²) in [5.74, 6) is 16.4. The van der Waals surface area contributed by atoms with Gasteiger partial charge in [-0.3, -0.25) is 0 Å². The van der Waals surface area contributed by atoms with Gasteiger partial charge in [-0.15, -0.1) is 0 Å². The molecule has 0 aromatic heterocycles. The fourth-order valence-corrected chi connectivity index (χ4v) is 11.0. The fourth-order valence-electron chi connectivity index (χ4n) is 11.0. The standard InChI is InChI=1S/C13H26.C11H24O.2C10H22.C8H18O.C7H16.2C6H14O2.2C4H10/c1-11(2)9-12(3)10-13-7-5-4-6-8-13;1-9(2)6-11(5)8-12-7-10(3)4;2*1-8(2)6-10(5)7-9(3)4;1-7(2)5-8(3)6-9-4;1-6(2)5-7(3)4;2*1-6(4-7-2)5-8-3;2*1-4(2)3/h11-13H,4-10H2,1-3H3;9-11H,6-8H2,1-5H3;2*8-10H,6-7H2,1-5H3;7-8H,5-6H2,1-4H3;6-7H,5H2,1-4H3;2*6H,4-5H2,1-3H3;2*4H,1-3H3. The number of hydrogen-bond donors (Lipinski definition) is 0. The number of methoxy groups -OCH3 is 5. The third-order valence-corrected chi connectivity index (χ3v) is 12.6. The Labute approximate surface area is 544 Å². The topological polar surface area (TPSA) is 55.4 Å². The molecular formula is C79H176O6. The van der Waals surface area contributed by atoms with E-state index in [1.807, 2.05) is 0 Å². The fraction of sp³-hybridized carbons (Fsp3) is 1.00. The first kappa shape index (κ1) is 104. The molecule has 528 valence electrons. The van der Waals surface area contributed by atoms with Crippen LogP contribution in [-0.4, -0.2) is 81.8 Å². The Hall–Kier alpha value is -0.240. The Bertz CT molecular complexity index is 1040. The molecule has 0 aromatic carbocycles. The molecule has 1 saturated carbocycles. The monoisotopic (exact) mass is 1220 g/mol. The van der Waals surface area contributed by atoms with Crippen LogP contribution in [0.25, 0.3) is 0 Å². The molecule has 1 rings (SSSR count). The van der Waals surface area contributed by atoms with Crippen LogP contribution in [0.4, 0.5) is 0 Å². The van der Waals surface area contributed by atoms with Gasteiger partial charge in [-0.25, -0.2) is 0 Å². The van der Waals surface area contributed by atoms with Crippen LogP contribution in [0.15, 0.2) is 0 Å². The van der Waals surface area contributed by atoms with Gasteiger partial charge < -0.3 is 28.4 Å². The van der Waals surface area contributed by atoms with E-state index in [9.17, 15) is 0 Å². The first-order chi connectivity index (χ1) is 39.1. The van der Waals surface area contributed by atoms with Gasteiger partial charge >= 0.3 is 0 Å². The second-order valence-electron chi connectivity index (χ2n) is 32.6. The minimum absolute atomic E-state index is 0.519. The van der Waals surface area contributed by atoms with Gasteiger partial charge in [-0.1, -0.05) is 261 Å². The Morgan fingerprint density at radius 1 is 0.224 bits per heavy atom. The molecule has 0 heterocycles. The van der Waals surface area contributed by atoms with E-state index >= 15 is 0 Å². The second kappa shape index (κ2) is 76.2. The Morgan fingerprint density at radius 2 is 0.435 bits per heavy atom. The van der Waals surface area contributed by atoms with Crippen molar-refractivity contribution in [2.24, 2.45) is 118 Å². The summed E-state index contributed by atoms with van der Waals surface area (Å²) < 4.78 is 30.1. The summed E-state index contributed by atoms with van der Waals surface area (Å²) in [4.78, 5) is 0. The summed E-state index contributed by atoms with van der Waals surface area (Å²) in [6, 6.07) is 0. The summed E-state index contributed by atoms with van der Waals surface area (Å²) in [6.45, 7) is 80.3. The van der Waals surface area contributed by atoms with Gasteiger partial charge in [0.15, 0.2) is 0 Å². The first-order valence-electron chi connectivity index (χ1n) is 36.1. The van der Waals surface area contributed by atoms with Crippen molar-refractivity contribution in [3.05, 3.63) is 0 Å². The summed E-state index contributed by atoms with van der Waals surface area (Å²) >= 11 is 0. The Morgan fingerprint density at radius 3 is 0.647 bits per heavy atom. The molecule has 85 heavy (non-hydrogen) atoms. The van der Waals surface area contributed by atoms with Gasteiger partial charge in [0, 0.05) is 67.2 Å². The minimum atomic E-state index is 0.519. The van der Waals surface area contributed by atoms with E-state index in [1.165, 1.54) is 89.9 Å². The van der Waals surface area contributed by atoms with Crippen LogP contribution in [0.2, 0.25) is 0 Å². The predicted molar refractivity (Wildman–Crippen MR) is 392 cm³/mol. The Balaban J connectivity index is -0.000000110. The van der Waals surface area contributed by atoms with E-state index in [0.717, 1.165) is 141 Å². The van der Waals surface area contributed by atoms with Crippen LogP contribution in [-0.2, 0) is 28.4 Å². The van der Waals surface area contributed by atoms with Gasteiger partial charge in [-0.05, 0) is 164 Å². The van der Waals surface area contributed by atoms with Gasteiger partial charge in [0.25, 0.3) is 0 Å². The molecule has 0 bridgehead atoms. The van der Waals surface area contributed by atoms with Gasteiger partial charge in [0.05, 0.1) is 26.4 Å². The van der Waals surface area contributed by atoms with Crippen molar-refractivity contribution in [3.8, 4) is 0 Å². The van der Waals surface area contributed by atoms with Crippen molar-refractivity contribution < 1.29 is 28.4 Å². The highest BCUT2D eigenvalue weighted by atomic mass is 16.5. The molecule has 3 atom stereocenters. The molecule has 3 unspecified atom stereocenters. The summed E-state index contributed by atoms with van der Waals surface area (Å²) in [6.07, 6.45) is 19.9. The third kappa shape index (κ3) is 134. The lowest BCUT2D eigenvalue weighted by atomic mass is 9.81. The summed E-state index contributed by atoms with van der Waals surface area (Å²) in [7, 11) is 8.56. The minimum Gasteiger partial charge on any atom is -0.384 e. The Kier molecular flexibility index (Phi) is 92.9. The zero-order valence-electron chi connectivity index (χ0n) is 66.8. The molecule has 1 fully saturated rings. The van der Waals surface area contributed by atoms with Crippen molar-refractivity contribution in [1.29, 1.82) is 0 Å². The third-order valence-electron chi connectivity index (χ3n) is 12.6. The zero-order valence-corrected chi connectivity index (χ0v) is 66.8. The molecule has 0 aromatic rings. The van der Waals surface area contributed by atoms with Crippen LogP contribution in [0.1, 0.15) is 318 Å². The summed E-state index contributed by atoms with van der Waals surface area (Å²) in [5, 5.41) is 0. The lowest BCUT2D eigenvalue weighted by Gasteiger charge is -2.25. The van der Waals surface area contributed by atoms with Crippen LogP contribution in [0.3, 0.4) is 0 Å². The molecular weight excluding hydrogens is 1040 g/mol. The molecule has 6 heteroatoms. The maximum atomic E-state index is 5.56. The summed E-state index contributed by atoms with van der Waals surface area (Å²) in [5.41, 5.74) is 0. The highest BCUT2D eigenvalue weighted by Crippen LogP contribution is 2.31. The van der Waals surface area contributed by atoms with E-state index < -0.39 is 0 Å². The van der Waals surface area contributed by atoms with Crippen LogP contribution in [0.5, 0.6) is 0 Å². The highest BCUT2D eigenvalue weighted by Gasteiger charge is 2.17. The van der Waals surface area contributed by atoms with E-state index in [2.05, 4.69) is 228 Å². The average Bonchev–Trinajstić information content (AvgIpc) is 3.29.